The fourth-order valence-electron chi connectivity index (χ4n) is 5.22. The van der Waals surface area contributed by atoms with Gasteiger partial charge in [-0.1, -0.05) is 22.7 Å². The topological polar surface area (TPSA) is 48.3 Å². The Morgan fingerprint density at radius 1 is 1.09 bits per heavy atom. The maximum Gasteiger partial charge on any atom is 0.171 e. The highest BCUT2D eigenvalue weighted by Gasteiger charge is 2.30. The number of rotatable bonds is 4. The Kier molecular flexibility index (Phi) is 4.76. The van der Waals surface area contributed by atoms with E-state index in [1.807, 2.05) is 49.4 Å². The van der Waals surface area contributed by atoms with Crippen molar-refractivity contribution in [3.8, 4) is 11.5 Å². The van der Waals surface area contributed by atoms with Crippen LogP contribution in [0, 0.1) is 6.92 Å². The van der Waals surface area contributed by atoms with E-state index in [-0.39, 0.29) is 6.10 Å². The molecular formula is C26H26FN3O2. The number of ether oxygens (including phenoxy) is 2. The van der Waals surface area contributed by atoms with Crippen LogP contribution in [0.4, 0.5) is 4.48 Å². The summed E-state index contributed by atoms with van der Waals surface area (Å²) in [4.78, 5) is 5.36. The highest BCUT2D eigenvalue weighted by Crippen LogP contribution is 2.40. The third kappa shape index (κ3) is 3.39. The molecule has 1 N–H and O–H groups in total. The first kappa shape index (κ1) is 19.6. The van der Waals surface area contributed by atoms with E-state index in [9.17, 15) is 4.48 Å². The third-order valence-electron chi connectivity index (χ3n) is 6.84. The fourth-order valence-corrected chi connectivity index (χ4v) is 5.22. The van der Waals surface area contributed by atoms with Crippen LogP contribution in [0.25, 0.3) is 21.8 Å². The van der Waals surface area contributed by atoms with Crippen molar-refractivity contribution in [2.75, 3.05) is 13.2 Å². The lowest BCUT2D eigenvalue weighted by Gasteiger charge is -2.28. The van der Waals surface area contributed by atoms with Gasteiger partial charge in [0.25, 0.3) is 0 Å². The van der Waals surface area contributed by atoms with Gasteiger partial charge in [-0.2, -0.15) is 4.79 Å². The summed E-state index contributed by atoms with van der Waals surface area (Å²) in [5, 5.41) is 5.69. The Morgan fingerprint density at radius 2 is 2.00 bits per heavy atom. The quantitative estimate of drug-likeness (QED) is 0.477. The summed E-state index contributed by atoms with van der Waals surface area (Å²) in [5.41, 5.74) is 3.68. The fraction of sp³-hybridized carbons (Fsp3) is 0.346. The van der Waals surface area contributed by atoms with Gasteiger partial charge in [-0.3, -0.25) is 4.98 Å². The number of fused-ring (bicyclic) bond motifs is 4. The van der Waals surface area contributed by atoms with Gasteiger partial charge in [0, 0.05) is 35.2 Å². The maximum absolute atomic E-state index is 14.3. The zero-order chi connectivity index (χ0) is 21.7. The molecule has 2 aromatic heterocycles. The van der Waals surface area contributed by atoms with E-state index in [0.29, 0.717) is 24.1 Å². The van der Waals surface area contributed by atoms with Crippen LogP contribution in [-0.2, 0) is 0 Å². The van der Waals surface area contributed by atoms with Crippen molar-refractivity contribution in [2.45, 2.75) is 44.2 Å². The number of benzene rings is 2. The molecule has 2 aromatic carbocycles. The molecule has 0 unspecified atom stereocenters. The molecule has 6 heteroatoms. The lowest BCUT2D eigenvalue weighted by atomic mass is 9.97. The minimum Gasteiger partial charge on any atom is -0.486 e. The molecule has 1 aliphatic heterocycles. The molecule has 0 radical (unpaired) electrons. The number of aromatic nitrogens is 2. The van der Waals surface area contributed by atoms with E-state index in [4.69, 9.17) is 9.47 Å². The molecule has 0 saturated heterocycles. The van der Waals surface area contributed by atoms with E-state index in [1.165, 1.54) is 0 Å². The highest BCUT2D eigenvalue weighted by molar-refractivity contribution is 5.88. The average Bonchev–Trinajstić information content (AvgIpc) is 3.42. The lowest BCUT2D eigenvalue weighted by Crippen LogP contribution is -2.41. The van der Waals surface area contributed by atoms with Gasteiger partial charge in [0.2, 0.25) is 0 Å². The number of hydrogen-bond donors (Lipinski definition) is 1. The molecular weight excluding hydrogens is 405 g/mol. The molecule has 1 saturated carbocycles. The average molecular weight is 432 g/mol. The van der Waals surface area contributed by atoms with Crippen molar-refractivity contribution in [2.24, 2.45) is 0 Å². The molecule has 0 spiro atoms. The number of nitrogens with one attached hydrogen (secondary N) is 1. The molecule has 4 aromatic rings. The van der Waals surface area contributed by atoms with Crippen LogP contribution in [0.3, 0.4) is 0 Å². The minimum absolute atomic E-state index is 0.0544. The molecule has 164 valence electrons. The van der Waals surface area contributed by atoms with Gasteiger partial charge in [0.05, 0.1) is 11.0 Å². The highest BCUT2D eigenvalue weighted by atomic mass is 19.2. The van der Waals surface area contributed by atoms with Gasteiger partial charge in [-0.25, -0.2) is 0 Å². The summed E-state index contributed by atoms with van der Waals surface area (Å²) in [6.07, 6.45) is 4.75. The molecule has 3 heterocycles. The standard InChI is InChI=1S/C26H26FN3O2/c1-16-6-9-21-23(29-16)10-11-25-26(21)32-19(15-31-25)13-28-18-8-7-17(12-18)22-14-30(27)24-5-3-2-4-20(22)24/h2-6,9-11,14,17-19,28H,7-8,12-13,15H2,1H3/t17-,18-,19+/m1/s1. The second-order valence-electron chi connectivity index (χ2n) is 8.99. The van der Waals surface area contributed by atoms with Gasteiger partial charge in [0.1, 0.15) is 12.7 Å². The first-order valence-electron chi connectivity index (χ1n) is 11.3. The van der Waals surface area contributed by atoms with E-state index in [1.54, 1.807) is 6.20 Å². The largest absolute Gasteiger partial charge is 0.486 e. The molecule has 3 atom stereocenters. The van der Waals surface area contributed by atoms with Crippen molar-refractivity contribution in [3.05, 3.63) is 66.0 Å². The van der Waals surface area contributed by atoms with E-state index in [0.717, 1.165) is 69.6 Å². The molecule has 5 nitrogen and oxygen atoms in total. The van der Waals surface area contributed by atoms with E-state index >= 15 is 0 Å². The summed E-state index contributed by atoms with van der Waals surface area (Å²) in [6, 6.07) is 16.1. The Bertz CT molecular complexity index is 1300. The van der Waals surface area contributed by atoms with Crippen molar-refractivity contribution in [1.29, 1.82) is 0 Å². The van der Waals surface area contributed by atoms with Gasteiger partial charge in [-0.15, -0.1) is 0 Å². The van der Waals surface area contributed by atoms with Crippen LogP contribution in [0.1, 0.15) is 36.4 Å². The van der Waals surface area contributed by atoms with Crippen LogP contribution < -0.4 is 14.8 Å². The Balaban J connectivity index is 1.12. The van der Waals surface area contributed by atoms with Gasteiger partial charge >= 0.3 is 0 Å². The van der Waals surface area contributed by atoms with Gasteiger partial charge in [0.15, 0.2) is 11.5 Å². The SMILES string of the molecule is Cc1ccc2c3c(ccc2n1)OC[C@H](CN[C@@H]1CC[C@@H](c2cn(F)c4ccccc24)C1)O3. The lowest BCUT2D eigenvalue weighted by molar-refractivity contribution is 0.0902. The van der Waals surface area contributed by atoms with Crippen molar-refractivity contribution >= 4 is 21.8 Å². The van der Waals surface area contributed by atoms with E-state index < -0.39 is 0 Å². The van der Waals surface area contributed by atoms with Gasteiger partial charge < -0.3 is 14.8 Å². The zero-order valence-corrected chi connectivity index (χ0v) is 18.1. The predicted molar refractivity (Wildman–Crippen MR) is 123 cm³/mol. The van der Waals surface area contributed by atoms with Crippen LogP contribution in [0.5, 0.6) is 11.5 Å². The Hall–Kier alpha value is -3.12. The van der Waals surface area contributed by atoms with Crippen LogP contribution >= 0.6 is 0 Å². The summed E-state index contributed by atoms with van der Waals surface area (Å²) < 4.78 is 26.6. The number of halogens is 1. The molecule has 1 fully saturated rings. The number of para-hydroxylation sites is 1. The van der Waals surface area contributed by atoms with Crippen molar-refractivity contribution in [3.63, 3.8) is 0 Å². The third-order valence-corrected chi connectivity index (χ3v) is 6.84. The molecule has 0 bridgehead atoms. The first-order chi connectivity index (χ1) is 15.7. The number of pyridine rings is 1. The normalized spacial score (nSPS) is 22.6. The van der Waals surface area contributed by atoms with Gasteiger partial charge in [-0.05, 0) is 68.0 Å². The Labute approximate surface area is 186 Å². The molecule has 6 rings (SSSR count). The summed E-state index contributed by atoms with van der Waals surface area (Å²) in [7, 11) is 0. The first-order valence-corrected chi connectivity index (χ1v) is 11.3. The zero-order valence-electron chi connectivity index (χ0n) is 18.1. The predicted octanol–water partition coefficient (Wildman–Crippen LogP) is 5.30. The molecule has 1 aliphatic carbocycles. The van der Waals surface area contributed by atoms with Crippen LogP contribution in [0.2, 0.25) is 0 Å². The van der Waals surface area contributed by atoms with Crippen LogP contribution in [-0.4, -0.2) is 35.1 Å². The second-order valence-corrected chi connectivity index (χ2v) is 8.99. The monoisotopic (exact) mass is 431 g/mol. The molecule has 2 aliphatic rings. The second kappa shape index (κ2) is 7.78. The Morgan fingerprint density at radius 3 is 2.94 bits per heavy atom. The summed E-state index contributed by atoms with van der Waals surface area (Å²) in [6.45, 7) is 3.23. The number of aryl methyl sites for hydroxylation is 1. The summed E-state index contributed by atoms with van der Waals surface area (Å²) >= 11 is 0. The molecule has 0 amide bonds. The summed E-state index contributed by atoms with van der Waals surface area (Å²) in [5.74, 6) is 1.94. The minimum atomic E-state index is -0.0544. The number of hydrogen-bond acceptors (Lipinski definition) is 4. The van der Waals surface area contributed by atoms with Crippen molar-refractivity contribution in [1.82, 2.24) is 15.1 Å². The van der Waals surface area contributed by atoms with Crippen LogP contribution in [0.15, 0.2) is 54.7 Å². The van der Waals surface area contributed by atoms with Crippen molar-refractivity contribution < 1.29 is 14.0 Å². The molecule has 32 heavy (non-hydrogen) atoms. The smallest absolute Gasteiger partial charge is 0.171 e. The number of nitrogens with zero attached hydrogens (tertiary/aromatic N) is 2. The van der Waals surface area contributed by atoms with E-state index in [2.05, 4.69) is 16.4 Å². The maximum atomic E-state index is 14.3.